The molecule has 6 heteroatoms. The highest BCUT2D eigenvalue weighted by molar-refractivity contribution is 6.47. The van der Waals surface area contributed by atoms with Crippen LogP contribution in [0.25, 0.3) is 0 Å². The molecule has 0 bridgehead atoms. The van der Waals surface area contributed by atoms with Crippen LogP contribution < -0.4 is 5.73 Å². The van der Waals surface area contributed by atoms with E-state index in [-0.39, 0.29) is 24.0 Å². The van der Waals surface area contributed by atoms with Gasteiger partial charge in [0.05, 0.1) is 6.04 Å². The summed E-state index contributed by atoms with van der Waals surface area (Å²) in [6.07, 6.45) is 2.26. The molecule has 1 heterocycles. The average Bonchev–Trinajstić information content (AvgIpc) is 2.94. The number of likely N-dealkylation sites (tertiary alicyclic amines) is 1. The zero-order valence-electron chi connectivity index (χ0n) is 15.9. The molecule has 2 atom stereocenters. The summed E-state index contributed by atoms with van der Waals surface area (Å²) in [6.45, 7) is 5.12. The Morgan fingerprint density at radius 2 is 1.85 bits per heavy atom. The molecule has 2 N–H and O–H groups in total. The SMILES string of the molecule is CC(CC(=O)c1ccc2c(c1)C(=O)C(=O)C2)C1CCN(C(=O)[C@H](C)N)CC1. The largest absolute Gasteiger partial charge is 0.341 e. The fourth-order valence-electron chi connectivity index (χ4n) is 4.07. The summed E-state index contributed by atoms with van der Waals surface area (Å²) in [4.78, 5) is 49.9. The molecule has 1 aromatic carbocycles. The smallest absolute Gasteiger partial charge is 0.239 e. The van der Waals surface area contributed by atoms with Crippen molar-refractivity contribution in [3.05, 3.63) is 34.9 Å². The molecule has 1 aliphatic carbocycles. The van der Waals surface area contributed by atoms with E-state index in [1.54, 1.807) is 30.0 Å². The molecule has 0 radical (unpaired) electrons. The number of hydrogen-bond acceptors (Lipinski definition) is 5. The first kappa shape index (κ1) is 19.4. The maximum absolute atomic E-state index is 12.7. The highest BCUT2D eigenvalue weighted by Crippen LogP contribution is 2.29. The van der Waals surface area contributed by atoms with E-state index in [2.05, 4.69) is 6.92 Å². The highest BCUT2D eigenvalue weighted by Gasteiger charge is 2.31. The number of ketones is 3. The zero-order valence-corrected chi connectivity index (χ0v) is 15.9. The van der Waals surface area contributed by atoms with Gasteiger partial charge in [-0.25, -0.2) is 0 Å². The third-order valence-electron chi connectivity index (χ3n) is 5.83. The van der Waals surface area contributed by atoms with Crippen LogP contribution in [-0.2, 0) is 16.0 Å². The molecular formula is C21H26N2O4. The minimum absolute atomic E-state index is 0.00784. The van der Waals surface area contributed by atoms with Crippen LogP contribution in [0.15, 0.2) is 18.2 Å². The second-order valence-electron chi connectivity index (χ2n) is 7.86. The zero-order chi connectivity index (χ0) is 19.7. The van der Waals surface area contributed by atoms with Crippen molar-refractivity contribution in [3.8, 4) is 0 Å². The molecule has 3 rings (SSSR count). The Morgan fingerprint density at radius 1 is 1.19 bits per heavy atom. The van der Waals surface area contributed by atoms with Crippen molar-refractivity contribution < 1.29 is 19.2 Å². The van der Waals surface area contributed by atoms with Gasteiger partial charge in [-0.3, -0.25) is 19.2 Å². The monoisotopic (exact) mass is 370 g/mol. The van der Waals surface area contributed by atoms with Crippen molar-refractivity contribution in [1.29, 1.82) is 0 Å². The number of fused-ring (bicyclic) bond motifs is 1. The van der Waals surface area contributed by atoms with Gasteiger partial charge in [-0.1, -0.05) is 19.1 Å². The van der Waals surface area contributed by atoms with Gasteiger partial charge in [-0.05, 0) is 43.2 Å². The molecule has 0 saturated carbocycles. The van der Waals surface area contributed by atoms with Crippen LogP contribution in [0, 0.1) is 11.8 Å². The first-order chi connectivity index (χ1) is 12.8. The first-order valence-electron chi connectivity index (χ1n) is 9.56. The van der Waals surface area contributed by atoms with Crippen molar-refractivity contribution in [3.63, 3.8) is 0 Å². The van der Waals surface area contributed by atoms with Crippen LogP contribution in [0.1, 0.15) is 59.4 Å². The number of benzene rings is 1. The molecule has 144 valence electrons. The molecule has 1 aromatic rings. The van der Waals surface area contributed by atoms with Crippen molar-refractivity contribution in [2.24, 2.45) is 17.6 Å². The highest BCUT2D eigenvalue weighted by atomic mass is 16.2. The van der Waals surface area contributed by atoms with E-state index >= 15 is 0 Å². The lowest BCUT2D eigenvalue weighted by atomic mass is 9.81. The Labute approximate surface area is 159 Å². The third-order valence-corrected chi connectivity index (χ3v) is 5.83. The van der Waals surface area contributed by atoms with Crippen LogP contribution in [0.4, 0.5) is 0 Å². The fourth-order valence-corrected chi connectivity index (χ4v) is 4.07. The van der Waals surface area contributed by atoms with Crippen LogP contribution in [0.2, 0.25) is 0 Å². The molecule has 27 heavy (non-hydrogen) atoms. The molecule has 1 fully saturated rings. The van der Waals surface area contributed by atoms with Crippen molar-refractivity contribution in [2.45, 2.75) is 45.6 Å². The molecule has 0 aromatic heterocycles. The summed E-state index contributed by atoms with van der Waals surface area (Å²) in [7, 11) is 0. The number of nitrogens with zero attached hydrogens (tertiary/aromatic N) is 1. The third kappa shape index (κ3) is 4.00. The van der Waals surface area contributed by atoms with E-state index in [1.807, 2.05) is 0 Å². The van der Waals surface area contributed by atoms with E-state index in [4.69, 9.17) is 5.73 Å². The van der Waals surface area contributed by atoms with Gasteiger partial charge in [-0.2, -0.15) is 0 Å². The Kier molecular flexibility index (Phi) is 5.56. The summed E-state index contributed by atoms with van der Waals surface area (Å²) in [5, 5.41) is 0. The topological polar surface area (TPSA) is 97.5 Å². The van der Waals surface area contributed by atoms with E-state index < -0.39 is 17.6 Å². The van der Waals surface area contributed by atoms with Crippen molar-refractivity contribution in [2.75, 3.05) is 13.1 Å². The molecule has 0 spiro atoms. The number of nitrogens with two attached hydrogens (primary N) is 1. The van der Waals surface area contributed by atoms with Gasteiger partial charge in [0, 0.05) is 37.1 Å². The van der Waals surface area contributed by atoms with E-state index in [0.29, 0.717) is 42.1 Å². The second-order valence-corrected chi connectivity index (χ2v) is 7.86. The molecule has 1 saturated heterocycles. The number of carbonyl (C=O) groups is 4. The normalized spacial score (nSPS) is 19.7. The quantitative estimate of drug-likeness (QED) is 0.629. The number of amides is 1. The summed E-state index contributed by atoms with van der Waals surface area (Å²) >= 11 is 0. The van der Waals surface area contributed by atoms with Crippen LogP contribution in [-0.4, -0.2) is 47.3 Å². The van der Waals surface area contributed by atoms with Gasteiger partial charge in [0.2, 0.25) is 17.5 Å². The van der Waals surface area contributed by atoms with E-state index in [9.17, 15) is 19.2 Å². The maximum Gasteiger partial charge on any atom is 0.239 e. The predicted octanol–water partition coefficient (Wildman–Crippen LogP) is 1.79. The number of hydrogen-bond donors (Lipinski definition) is 1. The van der Waals surface area contributed by atoms with Gasteiger partial charge in [0.15, 0.2) is 5.78 Å². The van der Waals surface area contributed by atoms with Gasteiger partial charge in [0.1, 0.15) is 0 Å². The van der Waals surface area contributed by atoms with Gasteiger partial charge in [0.25, 0.3) is 0 Å². The Bertz CT molecular complexity index is 791. The van der Waals surface area contributed by atoms with Crippen molar-refractivity contribution in [1.82, 2.24) is 4.90 Å². The molecule has 1 unspecified atom stereocenters. The van der Waals surface area contributed by atoms with Gasteiger partial charge < -0.3 is 10.6 Å². The molecule has 1 amide bonds. The van der Waals surface area contributed by atoms with Crippen LogP contribution in [0.3, 0.4) is 0 Å². The average molecular weight is 370 g/mol. The Morgan fingerprint density at radius 3 is 2.48 bits per heavy atom. The summed E-state index contributed by atoms with van der Waals surface area (Å²) in [5.74, 6) is -0.352. The van der Waals surface area contributed by atoms with Gasteiger partial charge >= 0.3 is 0 Å². The lowest BCUT2D eigenvalue weighted by Crippen LogP contribution is -2.46. The predicted molar refractivity (Wildman–Crippen MR) is 101 cm³/mol. The molecule has 6 nitrogen and oxygen atoms in total. The fraction of sp³-hybridized carbons (Fsp3) is 0.524. The maximum atomic E-state index is 12.7. The van der Waals surface area contributed by atoms with Crippen LogP contribution >= 0.6 is 0 Å². The van der Waals surface area contributed by atoms with E-state index in [0.717, 1.165) is 12.8 Å². The van der Waals surface area contributed by atoms with Crippen molar-refractivity contribution >= 4 is 23.3 Å². The standard InChI is InChI=1S/C21H26N2O4/c1-12(14-5-7-23(8-6-14)21(27)13(2)22)9-18(24)16-4-3-15-11-19(25)20(26)17(15)10-16/h3-4,10,12-14H,5-9,11,22H2,1-2H3/t12?,13-/m0/s1. The first-order valence-corrected chi connectivity index (χ1v) is 9.56. The van der Waals surface area contributed by atoms with Crippen LogP contribution in [0.5, 0.6) is 0 Å². The summed E-state index contributed by atoms with van der Waals surface area (Å²) in [6, 6.07) is 4.52. The summed E-state index contributed by atoms with van der Waals surface area (Å²) in [5.41, 5.74) is 7.25. The molecular weight excluding hydrogens is 344 g/mol. The number of Topliss-reactive ketones (excluding diaryl/α,β-unsaturated/α-hetero) is 3. The van der Waals surface area contributed by atoms with E-state index in [1.165, 1.54) is 0 Å². The summed E-state index contributed by atoms with van der Waals surface area (Å²) < 4.78 is 0. The second kappa shape index (κ2) is 7.72. The number of piperidine rings is 1. The molecule has 1 aliphatic heterocycles. The minimum atomic E-state index is -0.487. The Balaban J connectivity index is 1.58. The number of carbonyl (C=O) groups excluding carboxylic acids is 4. The Hall–Kier alpha value is -2.34. The number of rotatable bonds is 5. The lowest BCUT2D eigenvalue weighted by Gasteiger charge is -2.35. The lowest BCUT2D eigenvalue weighted by molar-refractivity contribution is -0.133. The van der Waals surface area contributed by atoms with Gasteiger partial charge in [-0.15, -0.1) is 0 Å². The minimum Gasteiger partial charge on any atom is -0.341 e. The molecule has 2 aliphatic rings.